The predicted octanol–water partition coefficient (Wildman–Crippen LogP) is 4.93. The van der Waals surface area contributed by atoms with Gasteiger partial charge in [-0.3, -0.25) is 13.9 Å². The van der Waals surface area contributed by atoms with Gasteiger partial charge in [0.2, 0.25) is 21.8 Å². The number of hydrogen-bond acceptors (Lipinski definition) is 5. The number of hydrogen-bond donors (Lipinski definition) is 1. The van der Waals surface area contributed by atoms with Gasteiger partial charge in [0.25, 0.3) is 0 Å². The average molecular weight is 607 g/mol. The zero-order valence-corrected chi connectivity index (χ0v) is 25.0. The quantitative estimate of drug-likeness (QED) is 0.298. The number of rotatable bonds is 13. The fourth-order valence-corrected chi connectivity index (χ4v) is 5.60. The van der Waals surface area contributed by atoms with Crippen molar-refractivity contribution in [3.8, 4) is 5.75 Å². The molecule has 0 aliphatic heterocycles. The van der Waals surface area contributed by atoms with Crippen LogP contribution >= 0.6 is 23.2 Å². The molecule has 0 fully saturated rings. The summed E-state index contributed by atoms with van der Waals surface area (Å²) in [6.07, 6.45) is 1.66. The van der Waals surface area contributed by atoms with Gasteiger partial charge < -0.3 is 15.0 Å². The molecule has 0 saturated carbocycles. The van der Waals surface area contributed by atoms with Crippen LogP contribution in [0.1, 0.15) is 24.0 Å². The lowest BCUT2D eigenvalue weighted by atomic mass is 10.0. The minimum atomic E-state index is -3.63. The number of methoxy groups -OCH3 is 1. The Balaban J connectivity index is 1.86. The van der Waals surface area contributed by atoms with Gasteiger partial charge in [0.05, 0.1) is 29.1 Å². The van der Waals surface area contributed by atoms with Crippen LogP contribution in [0.5, 0.6) is 5.75 Å². The van der Waals surface area contributed by atoms with Crippen LogP contribution in [0.25, 0.3) is 0 Å². The normalized spacial score (nSPS) is 11.9. The Kier molecular flexibility index (Phi) is 11.2. The fourth-order valence-electron chi connectivity index (χ4n) is 4.32. The van der Waals surface area contributed by atoms with Gasteiger partial charge in [0.15, 0.2) is 0 Å². The van der Waals surface area contributed by atoms with Crippen molar-refractivity contribution < 1.29 is 22.7 Å². The molecule has 0 unspecified atom stereocenters. The molecule has 0 heterocycles. The molecule has 0 aromatic heterocycles. The molecule has 40 heavy (non-hydrogen) atoms. The molecule has 3 aromatic carbocycles. The molecule has 3 aromatic rings. The molecule has 0 bridgehead atoms. The average Bonchev–Trinajstić information content (AvgIpc) is 2.94. The van der Waals surface area contributed by atoms with E-state index in [1.165, 1.54) is 23.4 Å². The summed E-state index contributed by atoms with van der Waals surface area (Å²) in [5.74, 6) is -0.0922. The van der Waals surface area contributed by atoms with Gasteiger partial charge in [-0.2, -0.15) is 0 Å². The first-order valence-corrected chi connectivity index (χ1v) is 15.2. The number of anilines is 1. The van der Waals surface area contributed by atoms with Gasteiger partial charge in [0.1, 0.15) is 11.8 Å². The van der Waals surface area contributed by atoms with E-state index in [9.17, 15) is 18.0 Å². The second kappa shape index (κ2) is 14.4. The number of benzene rings is 3. The predicted molar refractivity (Wildman–Crippen MR) is 159 cm³/mol. The molecule has 2 amide bonds. The summed E-state index contributed by atoms with van der Waals surface area (Å²) in [5.41, 5.74) is 2.04. The zero-order valence-electron chi connectivity index (χ0n) is 22.6. The molecule has 0 saturated heterocycles. The molecule has 1 N–H and O–H groups in total. The number of carbonyl (C=O) groups is 2. The van der Waals surface area contributed by atoms with Crippen LogP contribution < -0.4 is 14.4 Å². The summed E-state index contributed by atoms with van der Waals surface area (Å²) >= 11 is 12.3. The Morgan fingerprint density at radius 2 is 1.68 bits per heavy atom. The third kappa shape index (κ3) is 8.61. The Labute approximate surface area is 245 Å². The lowest BCUT2D eigenvalue weighted by molar-refractivity contribution is -0.141. The third-order valence-electron chi connectivity index (χ3n) is 6.35. The minimum absolute atomic E-state index is 0.0135. The van der Waals surface area contributed by atoms with Crippen molar-refractivity contribution in [2.24, 2.45) is 0 Å². The number of ether oxygens (including phenoxy) is 1. The Morgan fingerprint density at radius 1 is 0.950 bits per heavy atom. The first-order valence-electron chi connectivity index (χ1n) is 12.6. The molecule has 214 valence electrons. The van der Waals surface area contributed by atoms with Crippen molar-refractivity contribution in [1.82, 2.24) is 10.2 Å². The van der Waals surface area contributed by atoms with E-state index in [0.717, 1.165) is 11.8 Å². The van der Waals surface area contributed by atoms with Gasteiger partial charge in [-0.1, -0.05) is 65.7 Å². The van der Waals surface area contributed by atoms with E-state index in [2.05, 4.69) is 5.32 Å². The summed E-state index contributed by atoms with van der Waals surface area (Å²) in [5, 5.41) is 3.40. The lowest BCUT2D eigenvalue weighted by Gasteiger charge is -2.31. The summed E-state index contributed by atoms with van der Waals surface area (Å²) in [6.45, 7) is 0.188. The van der Waals surface area contributed by atoms with E-state index < -0.39 is 16.1 Å². The van der Waals surface area contributed by atoms with Crippen molar-refractivity contribution in [2.45, 2.75) is 31.8 Å². The number of nitrogens with zero attached hydrogens (tertiary/aromatic N) is 2. The fraction of sp³-hybridized carbons (Fsp3) is 0.310. The maximum atomic E-state index is 13.7. The number of likely N-dealkylation sites (N-methyl/N-ethyl adjacent to an activating group) is 1. The molecule has 0 radical (unpaired) electrons. The van der Waals surface area contributed by atoms with Crippen LogP contribution in [0.3, 0.4) is 0 Å². The molecule has 11 heteroatoms. The first-order chi connectivity index (χ1) is 19.0. The SMILES string of the molecule is CNC(=O)[C@H](Cc1ccccc1)N(Cc1ccc(Cl)c(Cl)c1)C(=O)CCCN(c1cccc(OC)c1)S(C)(=O)=O. The van der Waals surface area contributed by atoms with Gasteiger partial charge in [-0.25, -0.2) is 8.42 Å². The molecule has 0 spiro atoms. The van der Waals surface area contributed by atoms with Gasteiger partial charge in [0, 0.05) is 39.0 Å². The molecule has 0 aliphatic rings. The molecule has 8 nitrogen and oxygen atoms in total. The van der Waals surface area contributed by atoms with Gasteiger partial charge >= 0.3 is 0 Å². The maximum Gasteiger partial charge on any atom is 0.242 e. The third-order valence-corrected chi connectivity index (χ3v) is 8.28. The molecular weight excluding hydrogens is 573 g/mol. The standard InChI is InChI=1S/C29H33Cl2N3O5S/c1-32-29(36)27(18-21-9-5-4-6-10-21)33(20-22-14-15-25(30)26(31)17-22)28(35)13-8-16-34(40(3,37)38)23-11-7-12-24(19-23)39-2/h4-7,9-12,14-15,17,19,27H,8,13,16,18,20H2,1-3H3,(H,32,36)/t27-/m0/s1. The van der Waals surface area contributed by atoms with Crippen molar-refractivity contribution in [2.75, 3.05) is 31.3 Å². The van der Waals surface area contributed by atoms with Crippen LogP contribution in [-0.4, -0.2) is 58.1 Å². The van der Waals surface area contributed by atoms with Crippen LogP contribution in [0.15, 0.2) is 72.8 Å². The van der Waals surface area contributed by atoms with E-state index in [4.69, 9.17) is 27.9 Å². The second-order valence-corrected chi connectivity index (χ2v) is 12.0. The van der Waals surface area contributed by atoms with E-state index >= 15 is 0 Å². The van der Waals surface area contributed by atoms with E-state index in [-0.39, 0.29) is 37.7 Å². The topological polar surface area (TPSA) is 96.0 Å². The van der Waals surface area contributed by atoms with Crippen LogP contribution in [0, 0.1) is 0 Å². The highest BCUT2D eigenvalue weighted by Gasteiger charge is 2.30. The summed E-state index contributed by atoms with van der Waals surface area (Å²) in [4.78, 5) is 28.3. The monoisotopic (exact) mass is 605 g/mol. The van der Waals surface area contributed by atoms with E-state index in [1.54, 1.807) is 42.5 Å². The van der Waals surface area contributed by atoms with Crippen LogP contribution in [0.2, 0.25) is 10.0 Å². The molecular formula is C29H33Cl2N3O5S. The number of nitrogens with one attached hydrogen (secondary N) is 1. The van der Waals surface area contributed by atoms with E-state index in [0.29, 0.717) is 33.5 Å². The number of amides is 2. The Hall–Kier alpha value is -3.27. The van der Waals surface area contributed by atoms with Gasteiger partial charge in [-0.15, -0.1) is 0 Å². The van der Waals surface area contributed by atoms with Crippen molar-refractivity contribution in [3.05, 3.63) is 94.0 Å². The Morgan fingerprint density at radius 3 is 2.30 bits per heavy atom. The summed E-state index contributed by atoms with van der Waals surface area (Å²) in [6, 6.07) is 20.4. The van der Waals surface area contributed by atoms with Crippen LogP contribution in [-0.2, 0) is 32.6 Å². The molecule has 3 rings (SSSR count). The maximum absolute atomic E-state index is 13.7. The van der Waals surface area contributed by atoms with Crippen LogP contribution in [0.4, 0.5) is 5.69 Å². The highest BCUT2D eigenvalue weighted by Crippen LogP contribution is 2.26. The number of carbonyl (C=O) groups excluding carboxylic acids is 2. The smallest absolute Gasteiger partial charge is 0.242 e. The minimum Gasteiger partial charge on any atom is -0.497 e. The number of halogens is 2. The summed E-state index contributed by atoms with van der Waals surface area (Å²) < 4.78 is 31.7. The van der Waals surface area contributed by atoms with Crippen molar-refractivity contribution >= 4 is 50.7 Å². The highest BCUT2D eigenvalue weighted by atomic mass is 35.5. The molecule has 1 atom stereocenters. The lowest BCUT2D eigenvalue weighted by Crippen LogP contribution is -2.49. The number of sulfonamides is 1. The zero-order chi connectivity index (χ0) is 29.3. The largest absolute Gasteiger partial charge is 0.497 e. The summed E-state index contributed by atoms with van der Waals surface area (Å²) in [7, 11) is -0.600. The first kappa shape index (κ1) is 31.3. The molecule has 0 aliphatic carbocycles. The highest BCUT2D eigenvalue weighted by molar-refractivity contribution is 7.92. The van der Waals surface area contributed by atoms with Gasteiger partial charge in [-0.05, 0) is 41.8 Å². The van der Waals surface area contributed by atoms with Crippen molar-refractivity contribution in [1.29, 1.82) is 0 Å². The van der Waals surface area contributed by atoms with Crippen molar-refractivity contribution in [3.63, 3.8) is 0 Å². The second-order valence-electron chi connectivity index (χ2n) is 9.23. The van der Waals surface area contributed by atoms with E-state index in [1.807, 2.05) is 30.3 Å². The Bertz CT molecular complexity index is 1420.